The highest BCUT2D eigenvalue weighted by molar-refractivity contribution is 9.10. The zero-order chi connectivity index (χ0) is 23.4. The van der Waals surface area contributed by atoms with Gasteiger partial charge >= 0.3 is 0 Å². The van der Waals surface area contributed by atoms with Gasteiger partial charge in [-0.25, -0.2) is 0 Å². The Balaban J connectivity index is 1.65. The van der Waals surface area contributed by atoms with Crippen LogP contribution in [0.1, 0.15) is 23.6 Å². The Kier molecular flexibility index (Phi) is 7.47. The van der Waals surface area contributed by atoms with Gasteiger partial charge in [0.15, 0.2) is 0 Å². The molecule has 0 aliphatic carbocycles. The molecule has 2 fully saturated rings. The van der Waals surface area contributed by atoms with E-state index in [1.165, 1.54) is 0 Å². The standard InChI is InChI=1S/C25H27BrN2O5/c1-32-20-9-5-18(6-10-20)23(29)21-22(17-3-7-19(26)8-4-17)28(25(31)24(21)30)12-2-11-27-13-15-33-16-14-27/h3-10,22,29H,2,11-16H2,1H3/b23-21-. The average molecular weight is 515 g/mol. The van der Waals surface area contributed by atoms with Gasteiger partial charge in [0.25, 0.3) is 11.7 Å². The van der Waals surface area contributed by atoms with Gasteiger partial charge in [-0.1, -0.05) is 28.1 Å². The van der Waals surface area contributed by atoms with Crippen LogP contribution in [0, 0.1) is 0 Å². The topological polar surface area (TPSA) is 79.3 Å². The highest BCUT2D eigenvalue weighted by atomic mass is 79.9. The number of amides is 1. The number of aliphatic hydroxyl groups excluding tert-OH is 1. The van der Waals surface area contributed by atoms with Crippen molar-refractivity contribution in [1.29, 1.82) is 0 Å². The molecule has 0 aromatic heterocycles. The first-order valence-corrected chi connectivity index (χ1v) is 11.8. The molecule has 7 nitrogen and oxygen atoms in total. The number of likely N-dealkylation sites (tertiary alicyclic amines) is 1. The molecule has 2 aromatic carbocycles. The number of ketones is 1. The minimum atomic E-state index is -0.664. The first kappa shape index (κ1) is 23.5. The third kappa shape index (κ3) is 5.13. The van der Waals surface area contributed by atoms with Crippen molar-refractivity contribution in [2.45, 2.75) is 12.5 Å². The number of ether oxygens (including phenoxy) is 2. The summed E-state index contributed by atoms with van der Waals surface area (Å²) in [5, 5.41) is 11.1. The van der Waals surface area contributed by atoms with Crippen molar-refractivity contribution >= 4 is 33.4 Å². The number of hydrogen-bond acceptors (Lipinski definition) is 6. The molecule has 0 radical (unpaired) electrons. The van der Waals surface area contributed by atoms with E-state index in [4.69, 9.17) is 9.47 Å². The van der Waals surface area contributed by atoms with Crippen molar-refractivity contribution in [3.05, 3.63) is 69.7 Å². The van der Waals surface area contributed by atoms with Gasteiger partial charge in [-0.2, -0.15) is 0 Å². The highest BCUT2D eigenvalue weighted by Crippen LogP contribution is 2.40. The predicted molar refractivity (Wildman–Crippen MR) is 128 cm³/mol. The molecule has 33 heavy (non-hydrogen) atoms. The lowest BCUT2D eigenvalue weighted by Gasteiger charge is -2.29. The summed E-state index contributed by atoms with van der Waals surface area (Å²) in [4.78, 5) is 30.0. The molecule has 1 amide bonds. The average Bonchev–Trinajstić information content (AvgIpc) is 3.10. The minimum Gasteiger partial charge on any atom is -0.507 e. The van der Waals surface area contributed by atoms with Gasteiger partial charge < -0.3 is 19.5 Å². The quantitative estimate of drug-likeness (QED) is 0.345. The maximum absolute atomic E-state index is 13.1. The minimum absolute atomic E-state index is 0.110. The van der Waals surface area contributed by atoms with Gasteiger partial charge in [0.05, 0.1) is 31.9 Å². The number of carbonyl (C=O) groups excluding carboxylic acids is 2. The number of morpholine rings is 1. The molecule has 0 saturated carbocycles. The van der Waals surface area contributed by atoms with Gasteiger partial charge in [-0.15, -0.1) is 0 Å². The number of rotatable bonds is 7. The summed E-state index contributed by atoms with van der Waals surface area (Å²) in [6.45, 7) is 4.40. The Morgan fingerprint density at radius 2 is 1.73 bits per heavy atom. The number of Topliss-reactive ketones (excluding diaryl/α,β-unsaturated/α-hetero) is 1. The van der Waals surface area contributed by atoms with Crippen LogP contribution in [-0.2, 0) is 14.3 Å². The lowest BCUT2D eigenvalue weighted by atomic mass is 9.95. The van der Waals surface area contributed by atoms with Crippen molar-refractivity contribution in [3.63, 3.8) is 0 Å². The van der Waals surface area contributed by atoms with Gasteiger partial charge in [-0.3, -0.25) is 14.5 Å². The Hall–Kier alpha value is -2.68. The molecule has 0 bridgehead atoms. The number of carbonyl (C=O) groups is 2. The van der Waals surface area contributed by atoms with E-state index in [9.17, 15) is 14.7 Å². The van der Waals surface area contributed by atoms with Crippen LogP contribution in [-0.4, -0.2) is 73.1 Å². The Labute approximate surface area is 201 Å². The van der Waals surface area contributed by atoms with Crippen LogP contribution < -0.4 is 4.74 Å². The molecule has 8 heteroatoms. The second-order valence-electron chi connectivity index (χ2n) is 8.08. The summed E-state index contributed by atoms with van der Waals surface area (Å²) < 4.78 is 11.5. The molecule has 4 rings (SSSR count). The lowest BCUT2D eigenvalue weighted by Crippen LogP contribution is -2.38. The molecule has 1 N–H and O–H groups in total. The van der Waals surface area contributed by atoms with Gasteiger partial charge in [0.1, 0.15) is 11.5 Å². The summed E-state index contributed by atoms with van der Waals surface area (Å²) in [5.74, 6) is -0.790. The maximum atomic E-state index is 13.1. The fourth-order valence-electron chi connectivity index (χ4n) is 4.30. The van der Waals surface area contributed by atoms with E-state index in [2.05, 4.69) is 20.8 Å². The summed E-state index contributed by atoms with van der Waals surface area (Å²) in [6, 6.07) is 13.6. The monoisotopic (exact) mass is 514 g/mol. The number of hydrogen-bond donors (Lipinski definition) is 1. The zero-order valence-corrected chi connectivity index (χ0v) is 20.1. The van der Waals surface area contributed by atoms with Crippen LogP contribution in [0.25, 0.3) is 5.76 Å². The first-order valence-electron chi connectivity index (χ1n) is 11.0. The van der Waals surface area contributed by atoms with Gasteiger partial charge in [-0.05, 0) is 48.4 Å². The van der Waals surface area contributed by atoms with E-state index in [1.807, 2.05) is 24.3 Å². The fraction of sp³-hybridized carbons (Fsp3) is 0.360. The molecule has 2 aromatic rings. The second kappa shape index (κ2) is 10.5. The smallest absolute Gasteiger partial charge is 0.295 e. The predicted octanol–water partition coefficient (Wildman–Crippen LogP) is 3.60. The fourth-order valence-corrected chi connectivity index (χ4v) is 4.56. The highest BCUT2D eigenvalue weighted by Gasteiger charge is 2.45. The molecule has 174 valence electrons. The van der Waals surface area contributed by atoms with Crippen molar-refractivity contribution in [3.8, 4) is 5.75 Å². The van der Waals surface area contributed by atoms with Crippen molar-refractivity contribution in [1.82, 2.24) is 9.80 Å². The van der Waals surface area contributed by atoms with Gasteiger partial charge in [0.2, 0.25) is 0 Å². The van der Waals surface area contributed by atoms with E-state index >= 15 is 0 Å². The number of aliphatic hydroxyl groups is 1. The van der Waals surface area contributed by atoms with Crippen LogP contribution in [0.5, 0.6) is 5.75 Å². The van der Waals surface area contributed by atoms with Gasteiger partial charge in [0, 0.05) is 36.2 Å². The number of methoxy groups -OCH3 is 1. The molecule has 2 saturated heterocycles. The molecular weight excluding hydrogens is 488 g/mol. The Morgan fingerprint density at radius 3 is 2.36 bits per heavy atom. The number of halogens is 1. The molecule has 0 spiro atoms. The van der Waals surface area contributed by atoms with Crippen molar-refractivity contribution in [2.24, 2.45) is 0 Å². The third-order valence-electron chi connectivity index (χ3n) is 6.07. The number of nitrogens with zero attached hydrogens (tertiary/aromatic N) is 2. The van der Waals surface area contributed by atoms with Crippen molar-refractivity contribution in [2.75, 3.05) is 46.5 Å². The Morgan fingerprint density at radius 1 is 1.06 bits per heavy atom. The van der Waals surface area contributed by atoms with E-state index in [0.717, 1.165) is 36.1 Å². The zero-order valence-electron chi connectivity index (χ0n) is 18.5. The molecule has 1 atom stereocenters. The van der Waals surface area contributed by atoms with E-state index in [0.29, 0.717) is 31.1 Å². The molecule has 2 aliphatic heterocycles. The summed E-state index contributed by atoms with van der Waals surface area (Å²) in [7, 11) is 1.56. The molecule has 2 aliphatic rings. The second-order valence-corrected chi connectivity index (χ2v) is 9.00. The summed E-state index contributed by atoms with van der Waals surface area (Å²) in [5.41, 5.74) is 1.35. The maximum Gasteiger partial charge on any atom is 0.295 e. The summed E-state index contributed by atoms with van der Waals surface area (Å²) >= 11 is 3.44. The Bertz CT molecular complexity index is 1030. The molecule has 1 unspecified atom stereocenters. The van der Waals surface area contributed by atoms with Crippen LogP contribution in [0.3, 0.4) is 0 Å². The largest absolute Gasteiger partial charge is 0.507 e. The molecular formula is C25H27BrN2O5. The van der Waals surface area contributed by atoms with E-state index < -0.39 is 17.7 Å². The third-order valence-corrected chi connectivity index (χ3v) is 6.59. The van der Waals surface area contributed by atoms with Crippen LogP contribution in [0.2, 0.25) is 0 Å². The summed E-state index contributed by atoms with van der Waals surface area (Å²) in [6.07, 6.45) is 0.725. The first-order chi connectivity index (χ1) is 16.0. The van der Waals surface area contributed by atoms with Crippen LogP contribution >= 0.6 is 15.9 Å². The number of benzene rings is 2. The van der Waals surface area contributed by atoms with Crippen LogP contribution in [0.15, 0.2) is 58.6 Å². The molecule has 2 heterocycles. The van der Waals surface area contributed by atoms with E-state index in [1.54, 1.807) is 36.3 Å². The van der Waals surface area contributed by atoms with Crippen LogP contribution in [0.4, 0.5) is 0 Å². The normalized spacial score (nSPS) is 20.9. The van der Waals surface area contributed by atoms with E-state index in [-0.39, 0.29) is 11.3 Å². The SMILES string of the molecule is COc1ccc(/C(O)=C2/C(=O)C(=O)N(CCCN3CCOCC3)C2c2ccc(Br)cc2)cc1. The van der Waals surface area contributed by atoms with Crippen molar-refractivity contribution < 1.29 is 24.2 Å². The lowest BCUT2D eigenvalue weighted by molar-refractivity contribution is -0.140.